The molecule has 1 amide bonds. The largest absolute Gasteiger partial charge is 0.492 e. The minimum absolute atomic E-state index is 0.0207. The van der Waals surface area contributed by atoms with Gasteiger partial charge in [-0.2, -0.15) is 0 Å². The number of rotatable bonds is 6. The van der Waals surface area contributed by atoms with E-state index in [9.17, 15) is 14.9 Å². The van der Waals surface area contributed by atoms with Crippen LogP contribution in [0, 0.1) is 10.1 Å². The minimum atomic E-state index is -0.637. The van der Waals surface area contributed by atoms with Crippen LogP contribution in [0.25, 0.3) is 0 Å². The van der Waals surface area contributed by atoms with Gasteiger partial charge in [0, 0.05) is 17.7 Å². The average molecular weight is 365 g/mol. The Morgan fingerprint density at radius 2 is 2.04 bits per heavy atom. The Morgan fingerprint density at radius 3 is 2.84 bits per heavy atom. The van der Waals surface area contributed by atoms with Gasteiger partial charge in [-0.15, -0.1) is 0 Å². The first-order chi connectivity index (χ1) is 12.0. The van der Waals surface area contributed by atoms with Crippen LogP contribution in [0.15, 0.2) is 36.4 Å². The number of halogens is 1. The normalized spacial score (nSPS) is 11.9. The number of amides is 1. The van der Waals surface area contributed by atoms with Crippen LogP contribution in [0.2, 0.25) is 5.02 Å². The second kappa shape index (κ2) is 7.27. The lowest BCUT2D eigenvalue weighted by Gasteiger charge is -2.08. The molecule has 1 heterocycles. The van der Waals surface area contributed by atoms with Crippen LogP contribution in [0.4, 0.5) is 5.69 Å². The maximum Gasteiger partial charge on any atom is 0.288 e. The molecule has 0 aliphatic carbocycles. The zero-order valence-electron chi connectivity index (χ0n) is 12.9. The second-order valence-corrected chi connectivity index (χ2v) is 5.45. The number of fused-ring (bicyclic) bond motifs is 1. The molecule has 0 bridgehead atoms. The van der Waals surface area contributed by atoms with Crippen molar-refractivity contribution < 1.29 is 23.9 Å². The van der Waals surface area contributed by atoms with Gasteiger partial charge in [-0.3, -0.25) is 14.9 Å². The van der Waals surface area contributed by atoms with Gasteiger partial charge >= 0.3 is 0 Å². The molecule has 0 aromatic heterocycles. The summed E-state index contributed by atoms with van der Waals surface area (Å²) in [5, 5.41) is 13.4. The Balaban J connectivity index is 1.51. The van der Waals surface area contributed by atoms with Gasteiger partial charge in [0.15, 0.2) is 11.5 Å². The maximum atomic E-state index is 12.0. The number of nitro groups is 1. The van der Waals surface area contributed by atoms with Crippen LogP contribution in [0.5, 0.6) is 17.2 Å². The zero-order valence-corrected chi connectivity index (χ0v) is 13.6. The van der Waals surface area contributed by atoms with Crippen LogP contribution in [-0.2, 0) is 0 Å². The summed E-state index contributed by atoms with van der Waals surface area (Å²) in [5.74, 6) is 1.40. The number of nitrogens with one attached hydrogen (secondary N) is 1. The number of ether oxygens (including phenoxy) is 3. The summed E-state index contributed by atoms with van der Waals surface area (Å²) in [7, 11) is 0. The van der Waals surface area contributed by atoms with E-state index in [1.165, 1.54) is 12.1 Å². The van der Waals surface area contributed by atoms with Crippen molar-refractivity contribution in [3.8, 4) is 17.2 Å². The number of benzene rings is 2. The van der Waals surface area contributed by atoms with Crippen molar-refractivity contribution in [3.05, 3.63) is 57.1 Å². The van der Waals surface area contributed by atoms with Crippen molar-refractivity contribution in [1.82, 2.24) is 5.32 Å². The lowest BCUT2D eigenvalue weighted by Crippen LogP contribution is -2.28. The van der Waals surface area contributed by atoms with Gasteiger partial charge in [-0.25, -0.2) is 0 Å². The Morgan fingerprint density at radius 1 is 1.24 bits per heavy atom. The van der Waals surface area contributed by atoms with E-state index in [4.69, 9.17) is 25.8 Å². The summed E-state index contributed by atoms with van der Waals surface area (Å²) >= 11 is 5.72. The molecule has 25 heavy (non-hydrogen) atoms. The highest BCUT2D eigenvalue weighted by Gasteiger charge is 2.16. The number of hydrogen-bond donors (Lipinski definition) is 1. The number of carbonyl (C=O) groups is 1. The fraction of sp³-hybridized carbons (Fsp3) is 0.188. The Kier molecular flexibility index (Phi) is 4.90. The molecule has 0 spiro atoms. The van der Waals surface area contributed by atoms with Gasteiger partial charge in [-0.1, -0.05) is 11.6 Å². The van der Waals surface area contributed by atoms with Crippen molar-refractivity contribution in [2.45, 2.75) is 0 Å². The lowest BCUT2D eigenvalue weighted by molar-refractivity contribution is -0.384. The fourth-order valence-electron chi connectivity index (χ4n) is 2.20. The summed E-state index contributed by atoms with van der Waals surface area (Å²) in [5.41, 5.74) is -0.162. The van der Waals surface area contributed by atoms with Gasteiger partial charge in [0.25, 0.3) is 11.6 Å². The van der Waals surface area contributed by atoms with Crippen molar-refractivity contribution >= 4 is 23.2 Å². The van der Waals surface area contributed by atoms with E-state index < -0.39 is 10.8 Å². The number of nitro benzene ring substituents is 1. The first kappa shape index (κ1) is 16.8. The first-order valence-corrected chi connectivity index (χ1v) is 7.67. The summed E-state index contributed by atoms with van der Waals surface area (Å²) in [6.45, 7) is 0.632. The van der Waals surface area contributed by atoms with Crippen LogP contribution in [0.3, 0.4) is 0 Å². The van der Waals surface area contributed by atoms with Crippen molar-refractivity contribution in [2.24, 2.45) is 0 Å². The number of hydrogen-bond acceptors (Lipinski definition) is 6. The smallest absolute Gasteiger partial charge is 0.288 e. The van der Waals surface area contributed by atoms with Crippen LogP contribution < -0.4 is 19.5 Å². The van der Waals surface area contributed by atoms with Gasteiger partial charge < -0.3 is 19.5 Å². The van der Waals surface area contributed by atoms with E-state index in [1.54, 1.807) is 18.2 Å². The number of carbonyl (C=O) groups excluding carboxylic acids is 1. The lowest BCUT2D eigenvalue weighted by atomic mass is 10.2. The molecular formula is C16H13ClN2O6. The van der Waals surface area contributed by atoms with E-state index in [1.807, 2.05) is 0 Å². The third-order valence-corrected chi connectivity index (χ3v) is 3.73. The predicted molar refractivity (Wildman–Crippen MR) is 88.5 cm³/mol. The molecule has 9 heteroatoms. The molecule has 2 aromatic carbocycles. The Labute approximate surface area is 147 Å². The molecular weight excluding hydrogens is 352 g/mol. The molecule has 1 N–H and O–H groups in total. The van der Waals surface area contributed by atoms with Crippen molar-refractivity contribution in [2.75, 3.05) is 19.9 Å². The third-order valence-electron chi connectivity index (χ3n) is 3.41. The maximum absolute atomic E-state index is 12.0. The van der Waals surface area contributed by atoms with Crippen LogP contribution in [0.1, 0.15) is 10.4 Å². The van der Waals surface area contributed by atoms with E-state index >= 15 is 0 Å². The highest BCUT2D eigenvalue weighted by Crippen LogP contribution is 2.35. The van der Waals surface area contributed by atoms with Gasteiger partial charge in [0.1, 0.15) is 17.4 Å². The summed E-state index contributed by atoms with van der Waals surface area (Å²) in [4.78, 5) is 22.2. The SMILES string of the molecule is O=C(NCCOc1ccc2c(c1)OCO2)c1ccc(Cl)c([N+](=O)[O-])c1. The Bertz CT molecular complexity index is 826. The molecule has 0 radical (unpaired) electrons. The summed E-state index contributed by atoms with van der Waals surface area (Å²) in [6, 6.07) is 9.05. The average Bonchev–Trinajstić information content (AvgIpc) is 3.06. The molecule has 1 aliphatic heterocycles. The highest BCUT2D eigenvalue weighted by atomic mass is 35.5. The van der Waals surface area contributed by atoms with Crippen LogP contribution >= 0.6 is 11.6 Å². The molecule has 0 fully saturated rings. The van der Waals surface area contributed by atoms with Crippen molar-refractivity contribution in [3.63, 3.8) is 0 Å². The molecule has 0 unspecified atom stereocenters. The molecule has 0 atom stereocenters. The summed E-state index contributed by atoms with van der Waals surface area (Å²) in [6.07, 6.45) is 0. The third kappa shape index (κ3) is 3.92. The molecule has 130 valence electrons. The molecule has 0 saturated heterocycles. The quantitative estimate of drug-likeness (QED) is 0.480. The van der Waals surface area contributed by atoms with Crippen LogP contribution in [-0.4, -0.2) is 30.8 Å². The summed E-state index contributed by atoms with van der Waals surface area (Å²) < 4.78 is 16.0. The molecule has 0 saturated carbocycles. The van der Waals surface area contributed by atoms with Gasteiger partial charge in [0.2, 0.25) is 6.79 Å². The molecule has 2 aromatic rings. The van der Waals surface area contributed by atoms with E-state index in [-0.39, 0.29) is 36.2 Å². The second-order valence-electron chi connectivity index (χ2n) is 5.04. The standard InChI is InChI=1S/C16H13ClN2O6/c17-12-3-1-10(7-13(12)19(21)22)16(20)18-5-6-23-11-2-4-14-15(8-11)25-9-24-14/h1-4,7-8H,5-6,9H2,(H,18,20). The molecule has 3 rings (SSSR count). The molecule has 1 aliphatic rings. The van der Waals surface area contributed by atoms with E-state index in [0.717, 1.165) is 6.07 Å². The monoisotopic (exact) mass is 364 g/mol. The number of nitrogens with zero attached hydrogens (tertiary/aromatic N) is 1. The fourth-order valence-corrected chi connectivity index (χ4v) is 2.38. The first-order valence-electron chi connectivity index (χ1n) is 7.29. The Hall–Kier alpha value is -3.00. The van der Waals surface area contributed by atoms with E-state index in [2.05, 4.69) is 5.32 Å². The highest BCUT2D eigenvalue weighted by molar-refractivity contribution is 6.32. The van der Waals surface area contributed by atoms with Gasteiger partial charge in [0.05, 0.1) is 11.5 Å². The topological polar surface area (TPSA) is 99.9 Å². The molecule has 8 nitrogen and oxygen atoms in total. The minimum Gasteiger partial charge on any atom is -0.492 e. The predicted octanol–water partition coefficient (Wildman–Crippen LogP) is 2.79. The van der Waals surface area contributed by atoms with E-state index in [0.29, 0.717) is 17.2 Å². The zero-order chi connectivity index (χ0) is 17.8. The van der Waals surface area contributed by atoms with Gasteiger partial charge in [-0.05, 0) is 24.3 Å². The van der Waals surface area contributed by atoms with Crippen molar-refractivity contribution in [1.29, 1.82) is 0 Å².